The first-order valence-corrected chi connectivity index (χ1v) is 5.59. The minimum atomic E-state index is -0.601. The predicted molar refractivity (Wildman–Crippen MR) is 61.4 cm³/mol. The summed E-state index contributed by atoms with van der Waals surface area (Å²) >= 11 is 5.97. The molecule has 1 unspecified atom stereocenters. The Bertz CT molecular complexity index is 470. The number of ketones is 1. The highest BCUT2D eigenvalue weighted by Gasteiger charge is 2.28. The van der Waals surface area contributed by atoms with E-state index in [2.05, 4.69) is 0 Å². The molecule has 5 heteroatoms. The van der Waals surface area contributed by atoms with Gasteiger partial charge in [0.25, 0.3) is 0 Å². The van der Waals surface area contributed by atoms with Gasteiger partial charge >= 0.3 is 5.97 Å². The third-order valence-corrected chi connectivity index (χ3v) is 2.79. The summed E-state index contributed by atoms with van der Waals surface area (Å²) in [5.41, 5.74) is 0.511. The van der Waals surface area contributed by atoms with Gasteiger partial charge in [-0.05, 0) is 25.1 Å². The Morgan fingerprint density at radius 2 is 2.29 bits per heavy atom. The van der Waals surface area contributed by atoms with E-state index in [0.29, 0.717) is 29.4 Å². The van der Waals surface area contributed by atoms with E-state index in [1.54, 1.807) is 12.1 Å². The van der Waals surface area contributed by atoms with Gasteiger partial charge in [-0.15, -0.1) is 0 Å². The van der Waals surface area contributed by atoms with Crippen molar-refractivity contribution in [3.8, 4) is 5.75 Å². The van der Waals surface area contributed by atoms with E-state index in [9.17, 15) is 9.59 Å². The number of rotatable bonds is 3. The van der Waals surface area contributed by atoms with Crippen LogP contribution in [0.4, 0.5) is 0 Å². The van der Waals surface area contributed by atoms with Crippen LogP contribution in [0.3, 0.4) is 0 Å². The smallest absolute Gasteiger partial charge is 0.347 e. The van der Waals surface area contributed by atoms with Gasteiger partial charge in [0.15, 0.2) is 11.9 Å². The summed E-state index contributed by atoms with van der Waals surface area (Å²) in [6.45, 7) is 1.83. The minimum Gasteiger partial charge on any atom is -0.477 e. The van der Waals surface area contributed by atoms with Gasteiger partial charge in [-0.1, -0.05) is 11.6 Å². The van der Waals surface area contributed by atoms with Gasteiger partial charge in [-0.2, -0.15) is 0 Å². The number of benzene rings is 1. The van der Waals surface area contributed by atoms with Crippen LogP contribution in [0.15, 0.2) is 18.2 Å². The first-order chi connectivity index (χ1) is 8.08. The van der Waals surface area contributed by atoms with Crippen molar-refractivity contribution < 1.29 is 19.1 Å². The van der Waals surface area contributed by atoms with Crippen LogP contribution in [-0.2, 0) is 9.53 Å². The van der Waals surface area contributed by atoms with Crippen LogP contribution in [-0.4, -0.2) is 24.5 Å². The lowest BCUT2D eigenvalue weighted by Gasteiger charge is -2.11. The molecule has 2 rings (SSSR count). The largest absolute Gasteiger partial charge is 0.477 e. The lowest BCUT2D eigenvalue weighted by Crippen LogP contribution is -2.21. The first kappa shape index (κ1) is 11.9. The predicted octanol–water partition coefficient (Wildman–Crippen LogP) is 2.24. The molecular weight excluding hydrogens is 244 g/mol. The normalized spacial score (nSPS) is 18.9. The second kappa shape index (κ2) is 4.75. The highest BCUT2D eigenvalue weighted by molar-refractivity contribution is 6.32. The van der Waals surface area contributed by atoms with Gasteiger partial charge in [-0.25, -0.2) is 4.79 Å². The zero-order valence-electron chi connectivity index (χ0n) is 9.23. The molecule has 1 atom stereocenters. The summed E-state index contributed by atoms with van der Waals surface area (Å²) in [6, 6.07) is 4.73. The van der Waals surface area contributed by atoms with Gasteiger partial charge in [-0.3, -0.25) is 4.79 Å². The number of ether oxygens (including phenoxy) is 2. The molecule has 0 bridgehead atoms. The highest BCUT2D eigenvalue weighted by Crippen LogP contribution is 2.28. The highest BCUT2D eigenvalue weighted by atomic mass is 35.5. The molecule has 0 aromatic heterocycles. The molecule has 0 N–H and O–H groups in total. The Morgan fingerprint density at radius 1 is 1.53 bits per heavy atom. The molecule has 1 aliphatic rings. The van der Waals surface area contributed by atoms with Crippen LogP contribution in [0.5, 0.6) is 5.75 Å². The molecule has 0 amide bonds. The van der Waals surface area contributed by atoms with Crippen molar-refractivity contribution >= 4 is 23.4 Å². The van der Waals surface area contributed by atoms with E-state index in [-0.39, 0.29) is 11.8 Å². The molecule has 1 saturated heterocycles. The van der Waals surface area contributed by atoms with Gasteiger partial charge in [0.2, 0.25) is 0 Å². The number of carbonyl (C=O) groups is 2. The lowest BCUT2D eigenvalue weighted by molar-refractivity contribution is -0.143. The number of cyclic esters (lactones) is 1. The topological polar surface area (TPSA) is 52.6 Å². The number of hydrogen-bond acceptors (Lipinski definition) is 4. The van der Waals surface area contributed by atoms with Gasteiger partial charge in [0.05, 0.1) is 11.6 Å². The van der Waals surface area contributed by atoms with Crippen molar-refractivity contribution in [1.29, 1.82) is 0 Å². The molecular formula is C12H11ClO4. The number of carbonyl (C=O) groups excluding carboxylic acids is 2. The average Bonchev–Trinajstić information content (AvgIpc) is 2.67. The minimum absolute atomic E-state index is 0.0706. The van der Waals surface area contributed by atoms with E-state index < -0.39 is 6.10 Å². The molecule has 0 radical (unpaired) electrons. The third kappa shape index (κ3) is 2.58. The fourth-order valence-electron chi connectivity index (χ4n) is 1.55. The average molecular weight is 255 g/mol. The summed E-state index contributed by atoms with van der Waals surface area (Å²) in [4.78, 5) is 22.4. The molecule has 17 heavy (non-hydrogen) atoms. The van der Waals surface area contributed by atoms with Gasteiger partial charge in [0.1, 0.15) is 5.75 Å². The molecule has 1 fully saturated rings. The number of esters is 1. The molecule has 0 aliphatic carbocycles. The molecule has 1 heterocycles. The molecule has 1 aromatic carbocycles. The summed E-state index contributed by atoms with van der Waals surface area (Å²) < 4.78 is 10.2. The van der Waals surface area contributed by atoms with Crippen molar-refractivity contribution in [2.45, 2.75) is 19.4 Å². The Balaban J connectivity index is 2.16. The van der Waals surface area contributed by atoms with Crippen LogP contribution in [0.1, 0.15) is 23.7 Å². The van der Waals surface area contributed by atoms with Gasteiger partial charge in [0, 0.05) is 12.0 Å². The summed E-state index contributed by atoms with van der Waals surface area (Å²) in [5, 5.41) is 0.317. The van der Waals surface area contributed by atoms with Crippen molar-refractivity contribution in [3.63, 3.8) is 0 Å². The Morgan fingerprint density at radius 3 is 2.82 bits per heavy atom. The number of hydrogen-bond donors (Lipinski definition) is 0. The van der Waals surface area contributed by atoms with E-state index in [1.165, 1.54) is 13.0 Å². The van der Waals surface area contributed by atoms with Crippen LogP contribution in [0, 0.1) is 0 Å². The van der Waals surface area contributed by atoms with Crippen molar-refractivity contribution in [2.24, 2.45) is 0 Å². The quantitative estimate of drug-likeness (QED) is 0.613. The zero-order valence-corrected chi connectivity index (χ0v) is 9.99. The maximum absolute atomic E-state index is 11.2. The molecule has 4 nitrogen and oxygen atoms in total. The van der Waals surface area contributed by atoms with Crippen LogP contribution in [0.2, 0.25) is 5.02 Å². The Labute approximate surface area is 103 Å². The van der Waals surface area contributed by atoms with E-state index >= 15 is 0 Å². The Hall–Kier alpha value is -1.55. The number of halogens is 1. The SMILES string of the molecule is CC(=O)c1ccc(OC2CCOC2=O)c(Cl)c1. The summed E-state index contributed by atoms with van der Waals surface area (Å²) in [7, 11) is 0. The van der Waals surface area contributed by atoms with Crippen molar-refractivity contribution in [2.75, 3.05) is 6.61 Å². The summed E-state index contributed by atoms with van der Waals surface area (Å²) in [5.74, 6) is -0.0593. The van der Waals surface area contributed by atoms with E-state index in [4.69, 9.17) is 21.1 Å². The molecule has 1 aromatic rings. The van der Waals surface area contributed by atoms with Gasteiger partial charge < -0.3 is 9.47 Å². The second-order valence-corrected chi connectivity index (χ2v) is 4.17. The second-order valence-electron chi connectivity index (χ2n) is 3.76. The first-order valence-electron chi connectivity index (χ1n) is 5.21. The molecule has 90 valence electrons. The maximum atomic E-state index is 11.2. The van der Waals surface area contributed by atoms with Crippen molar-refractivity contribution in [1.82, 2.24) is 0 Å². The van der Waals surface area contributed by atoms with Crippen LogP contribution in [0.25, 0.3) is 0 Å². The van der Waals surface area contributed by atoms with E-state index in [1.807, 2.05) is 0 Å². The summed E-state index contributed by atoms with van der Waals surface area (Å²) in [6.07, 6.45) is -0.0837. The molecule has 0 spiro atoms. The maximum Gasteiger partial charge on any atom is 0.347 e. The van der Waals surface area contributed by atoms with Crippen molar-refractivity contribution in [3.05, 3.63) is 28.8 Å². The monoisotopic (exact) mass is 254 g/mol. The molecule has 0 saturated carbocycles. The zero-order chi connectivity index (χ0) is 12.4. The third-order valence-electron chi connectivity index (χ3n) is 2.49. The molecule has 1 aliphatic heterocycles. The lowest BCUT2D eigenvalue weighted by atomic mass is 10.1. The fourth-order valence-corrected chi connectivity index (χ4v) is 1.78. The Kier molecular flexibility index (Phi) is 3.33. The number of Topliss-reactive ketones (excluding diaryl/α,β-unsaturated/α-hetero) is 1. The van der Waals surface area contributed by atoms with Crippen LogP contribution >= 0.6 is 11.6 Å². The van der Waals surface area contributed by atoms with Crippen LogP contribution < -0.4 is 4.74 Å². The fraction of sp³-hybridized carbons (Fsp3) is 0.333. The van der Waals surface area contributed by atoms with E-state index in [0.717, 1.165) is 0 Å². The standard InChI is InChI=1S/C12H11ClO4/c1-7(14)8-2-3-10(9(13)6-8)17-11-4-5-16-12(11)15/h2-3,6,11H,4-5H2,1H3.